The lowest BCUT2D eigenvalue weighted by atomic mass is 9.97. The summed E-state index contributed by atoms with van der Waals surface area (Å²) in [5, 5.41) is 0. The Hall–Kier alpha value is -2.54. The molecule has 0 aliphatic rings. The molecule has 0 fully saturated rings. The van der Waals surface area contributed by atoms with Crippen molar-refractivity contribution in [3.8, 4) is 0 Å². The maximum absolute atomic E-state index is 12.7. The van der Waals surface area contributed by atoms with Gasteiger partial charge in [-0.05, 0) is 42.2 Å². The average Bonchev–Trinajstić information content (AvgIpc) is 2.93. The molecule has 3 N–H and O–H groups in total. The third-order valence-corrected chi connectivity index (χ3v) is 5.51. The largest absolute Gasteiger partial charge is 0.323 e. The third kappa shape index (κ3) is 3.07. The Balaban J connectivity index is 2.00. The summed E-state index contributed by atoms with van der Waals surface area (Å²) in [6, 6.07) is 11.9. The Labute approximate surface area is 140 Å². The van der Waals surface area contributed by atoms with E-state index < -0.39 is 10.0 Å². The Morgan fingerprint density at radius 3 is 2.54 bits per heavy atom. The first-order valence-corrected chi connectivity index (χ1v) is 9.23. The minimum atomic E-state index is -3.75. The van der Waals surface area contributed by atoms with Crippen LogP contribution in [0.15, 0.2) is 52.2 Å². The van der Waals surface area contributed by atoms with E-state index in [-0.39, 0.29) is 16.5 Å². The van der Waals surface area contributed by atoms with Crippen LogP contribution in [0.1, 0.15) is 31.7 Å². The Bertz CT molecular complexity index is 1030. The summed E-state index contributed by atoms with van der Waals surface area (Å²) in [5.74, 6) is 0.243. The van der Waals surface area contributed by atoms with E-state index in [1.165, 1.54) is 12.1 Å². The summed E-state index contributed by atoms with van der Waals surface area (Å²) in [6.07, 6.45) is 0.912. The number of benzene rings is 2. The SMILES string of the molecule is CC[C@H](C)c1ccccc1NS(=O)(=O)c1ccc2[nH]c(=O)[nH]c2c1. The van der Waals surface area contributed by atoms with Gasteiger partial charge in [0.1, 0.15) is 0 Å². The van der Waals surface area contributed by atoms with Crippen molar-refractivity contribution >= 4 is 26.7 Å². The number of hydrogen-bond acceptors (Lipinski definition) is 3. The van der Waals surface area contributed by atoms with Crippen LogP contribution in [0.4, 0.5) is 5.69 Å². The van der Waals surface area contributed by atoms with Crippen molar-refractivity contribution in [1.82, 2.24) is 9.97 Å². The number of rotatable bonds is 5. The van der Waals surface area contributed by atoms with E-state index in [1.807, 2.05) is 12.1 Å². The molecular formula is C17H19N3O3S. The number of hydrogen-bond donors (Lipinski definition) is 3. The highest BCUT2D eigenvalue weighted by Crippen LogP contribution is 2.28. The summed E-state index contributed by atoms with van der Waals surface area (Å²) in [7, 11) is -3.75. The Morgan fingerprint density at radius 1 is 1.08 bits per heavy atom. The summed E-state index contributed by atoms with van der Waals surface area (Å²) < 4.78 is 28.1. The second-order valence-corrected chi connectivity index (χ2v) is 7.47. The number of aromatic amines is 2. The van der Waals surface area contributed by atoms with Crippen molar-refractivity contribution in [2.75, 3.05) is 4.72 Å². The van der Waals surface area contributed by atoms with Crippen molar-refractivity contribution in [2.24, 2.45) is 0 Å². The first-order chi connectivity index (χ1) is 11.4. The van der Waals surface area contributed by atoms with Crippen LogP contribution >= 0.6 is 0 Å². The van der Waals surface area contributed by atoms with Gasteiger partial charge in [0, 0.05) is 0 Å². The summed E-state index contributed by atoms with van der Waals surface area (Å²) >= 11 is 0. The fourth-order valence-electron chi connectivity index (χ4n) is 2.62. The lowest BCUT2D eigenvalue weighted by molar-refractivity contribution is 0.601. The first-order valence-electron chi connectivity index (χ1n) is 7.74. The van der Waals surface area contributed by atoms with E-state index in [1.54, 1.807) is 18.2 Å². The topological polar surface area (TPSA) is 94.8 Å². The number of nitrogens with one attached hydrogen (secondary N) is 3. The van der Waals surface area contributed by atoms with Crippen LogP contribution in [0.25, 0.3) is 11.0 Å². The molecule has 0 amide bonds. The van der Waals surface area contributed by atoms with Crippen molar-refractivity contribution < 1.29 is 8.42 Å². The maximum Gasteiger partial charge on any atom is 0.323 e. The predicted octanol–water partition coefficient (Wildman–Crippen LogP) is 3.17. The molecule has 0 saturated carbocycles. The van der Waals surface area contributed by atoms with E-state index in [4.69, 9.17) is 0 Å². The number of para-hydroxylation sites is 1. The standard InChI is InChI=1S/C17H19N3O3S/c1-3-11(2)13-6-4-5-7-14(13)20-24(22,23)12-8-9-15-16(10-12)19-17(21)18-15/h4-11,20H,3H2,1-2H3,(H2,18,19,21)/t11-/m0/s1. The van der Waals surface area contributed by atoms with Gasteiger partial charge in [-0.2, -0.15) is 0 Å². The zero-order chi connectivity index (χ0) is 17.3. The molecule has 0 aliphatic carbocycles. The quantitative estimate of drug-likeness (QED) is 0.663. The van der Waals surface area contributed by atoms with Crippen molar-refractivity contribution in [3.05, 3.63) is 58.5 Å². The minimum absolute atomic E-state index is 0.101. The van der Waals surface area contributed by atoms with Gasteiger partial charge in [-0.25, -0.2) is 13.2 Å². The highest BCUT2D eigenvalue weighted by Gasteiger charge is 2.18. The monoisotopic (exact) mass is 345 g/mol. The van der Waals surface area contributed by atoms with Gasteiger partial charge in [0.15, 0.2) is 0 Å². The molecule has 3 rings (SSSR count). The lowest BCUT2D eigenvalue weighted by Crippen LogP contribution is -2.14. The molecule has 0 saturated heterocycles. The highest BCUT2D eigenvalue weighted by atomic mass is 32.2. The van der Waals surface area contributed by atoms with Crippen LogP contribution in [0, 0.1) is 0 Å². The number of H-pyrrole nitrogens is 2. The Kier molecular flexibility index (Phi) is 4.19. The predicted molar refractivity (Wildman–Crippen MR) is 94.9 cm³/mol. The molecule has 24 heavy (non-hydrogen) atoms. The van der Waals surface area contributed by atoms with E-state index in [0.29, 0.717) is 16.7 Å². The molecule has 1 heterocycles. The number of imidazole rings is 1. The van der Waals surface area contributed by atoms with E-state index >= 15 is 0 Å². The third-order valence-electron chi connectivity index (χ3n) is 4.15. The van der Waals surface area contributed by atoms with Crippen LogP contribution < -0.4 is 10.4 Å². The highest BCUT2D eigenvalue weighted by molar-refractivity contribution is 7.92. The van der Waals surface area contributed by atoms with Gasteiger partial charge in [0.25, 0.3) is 10.0 Å². The fraction of sp³-hybridized carbons (Fsp3) is 0.235. The minimum Gasteiger partial charge on any atom is -0.306 e. The number of aromatic nitrogens is 2. The zero-order valence-corrected chi connectivity index (χ0v) is 14.3. The van der Waals surface area contributed by atoms with Crippen LogP contribution in [0.5, 0.6) is 0 Å². The van der Waals surface area contributed by atoms with Gasteiger partial charge in [-0.3, -0.25) is 4.72 Å². The van der Waals surface area contributed by atoms with E-state index in [9.17, 15) is 13.2 Å². The summed E-state index contributed by atoms with van der Waals surface area (Å²) in [5.41, 5.74) is 2.20. The lowest BCUT2D eigenvalue weighted by Gasteiger charge is -2.16. The molecule has 2 aromatic carbocycles. The van der Waals surface area contributed by atoms with Crippen LogP contribution in [0.2, 0.25) is 0 Å². The van der Waals surface area contributed by atoms with Gasteiger partial charge in [-0.15, -0.1) is 0 Å². The Morgan fingerprint density at radius 2 is 1.79 bits per heavy atom. The van der Waals surface area contributed by atoms with Crippen molar-refractivity contribution in [1.29, 1.82) is 0 Å². The molecule has 1 aromatic heterocycles. The molecule has 0 spiro atoms. The second-order valence-electron chi connectivity index (χ2n) is 5.79. The summed E-state index contributed by atoms with van der Waals surface area (Å²) in [4.78, 5) is 16.6. The number of anilines is 1. The van der Waals surface area contributed by atoms with Gasteiger partial charge in [0.05, 0.1) is 21.6 Å². The average molecular weight is 345 g/mol. The molecule has 7 heteroatoms. The zero-order valence-electron chi connectivity index (χ0n) is 13.5. The molecule has 1 atom stereocenters. The molecule has 3 aromatic rings. The van der Waals surface area contributed by atoms with Crippen molar-refractivity contribution in [3.63, 3.8) is 0 Å². The molecule has 0 aliphatic heterocycles. The smallest absolute Gasteiger partial charge is 0.306 e. The van der Waals surface area contributed by atoms with Gasteiger partial charge < -0.3 is 9.97 Å². The van der Waals surface area contributed by atoms with Gasteiger partial charge in [0.2, 0.25) is 0 Å². The van der Waals surface area contributed by atoms with Crippen molar-refractivity contribution in [2.45, 2.75) is 31.1 Å². The number of sulfonamides is 1. The second kappa shape index (κ2) is 6.16. The maximum atomic E-state index is 12.7. The molecule has 0 unspecified atom stereocenters. The van der Waals surface area contributed by atoms with Crippen LogP contribution in [0.3, 0.4) is 0 Å². The summed E-state index contributed by atoms with van der Waals surface area (Å²) in [6.45, 7) is 4.12. The normalized spacial score (nSPS) is 13.1. The van der Waals surface area contributed by atoms with Gasteiger partial charge >= 0.3 is 5.69 Å². The molecule has 0 radical (unpaired) electrons. The van der Waals surface area contributed by atoms with E-state index in [0.717, 1.165) is 12.0 Å². The van der Waals surface area contributed by atoms with Crippen LogP contribution in [-0.4, -0.2) is 18.4 Å². The molecule has 126 valence electrons. The molecular weight excluding hydrogens is 326 g/mol. The number of fused-ring (bicyclic) bond motifs is 1. The van der Waals surface area contributed by atoms with Crippen LogP contribution in [-0.2, 0) is 10.0 Å². The molecule has 6 nitrogen and oxygen atoms in total. The fourth-order valence-corrected chi connectivity index (χ4v) is 3.74. The molecule has 0 bridgehead atoms. The first kappa shape index (κ1) is 16.3. The van der Waals surface area contributed by atoms with Gasteiger partial charge in [-0.1, -0.05) is 32.0 Å². The van der Waals surface area contributed by atoms with E-state index in [2.05, 4.69) is 28.5 Å².